The van der Waals surface area contributed by atoms with E-state index in [2.05, 4.69) is 19.6 Å². The number of nitrogens with zero attached hydrogens (tertiary/aromatic N) is 3. The van der Waals surface area contributed by atoms with Gasteiger partial charge in [0.15, 0.2) is 11.5 Å². The van der Waals surface area contributed by atoms with Crippen LogP contribution in [0.3, 0.4) is 0 Å². The van der Waals surface area contributed by atoms with Crippen molar-refractivity contribution in [3.63, 3.8) is 0 Å². The van der Waals surface area contributed by atoms with Gasteiger partial charge in [0.05, 0.1) is 29.8 Å². The number of hydrogen-bond acceptors (Lipinski definition) is 13. The summed E-state index contributed by atoms with van der Waals surface area (Å²) < 4.78 is 32.1. The van der Waals surface area contributed by atoms with Gasteiger partial charge in [-0.2, -0.15) is 0 Å². The molecule has 0 saturated heterocycles. The van der Waals surface area contributed by atoms with Gasteiger partial charge in [-0.05, 0) is 103 Å². The molecule has 70 heavy (non-hydrogen) atoms. The molecule has 4 aliphatic rings. The van der Waals surface area contributed by atoms with Crippen LogP contribution in [0.5, 0.6) is 23.0 Å². The van der Waals surface area contributed by atoms with E-state index in [1.165, 1.54) is 50.7 Å². The molecule has 1 amide bonds. The lowest BCUT2D eigenvalue weighted by Gasteiger charge is -2.59. The van der Waals surface area contributed by atoms with E-state index in [4.69, 9.17) is 33.7 Å². The van der Waals surface area contributed by atoms with Crippen LogP contribution in [0, 0.1) is 27.9 Å². The quantitative estimate of drug-likeness (QED) is 0.0258. The monoisotopic (exact) mass is 968 g/mol. The Hall–Kier alpha value is -5.64. The summed E-state index contributed by atoms with van der Waals surface area (Å²) in [6.07, 6.45) is 19.1. The van der Waals surface area contributed by atoms with Crippen molar-refractivity contribution >= 4 is 17.5 Å². The number of carbonyl (C=O) groups is 1. The molecule has 2 aliphatic heterocycles. The van der Waals surface area contributed by atoms with E-state index < -0.39 is 28.8 Å². The lowest BCUT2D eigenvalue weighted by molar-refractivity contribution is -0.384. The number of allylic oxidation sites excluding steroid dienone is 1. The molecule has 0 bridgehead atoms. The normalized spacial score (nSPS) is 22.4. The Morgan fingerprint density at radius 2 is 1.56 bits per heavy atom. The van der Waals surface area contributed by atoms with E-state index in [0.717, 1.165) is 61.6 Å². The first-order valence-electron chi connectivity index (χ1n) is 25.7. The summed E-state index contributed by atoms with van der Waals surface area (Å²) in [5, 5.41) is 47.4. The van der Waals surface area contributed by atoms with Gasteiger partial charge in [-0.3, -0.25) is 15.0 Å². The molecular formula is C55H73N3O12. The second kappa shape index (κ2) is 26.0. The highest BCUT2D eigenvalue weighted by Crippen LogP contribution is 2.62. The zero-order chi connectivity index (χ0) is 49.3. The second-order valence-electron chi connectivity index (χ2n) is 19.1. The number of rotatable bonds is 29. The Balaban J connectivity index is 1.31. The summed E-state index contributed by atoms with van der Waals surface area (Å²) in [5.41, 5.74) is 3.61. The summed E-state index contributed by atoms with van der Waals surface area (Å²) in [6, 6.07) is 16.0. The summed E-state index contributed by atoms with van der Waals surface area (Å²) >= 11 is 0. The van der Waals surface area contributed by atoms with Gasteiger partial charge in [0.1, 0.15) is 24.1 Å². The Kier molecular flexibility index (Phi) is 19.4. The Morgan fingerprint density at radius 3 is 2.27 bits per heavy atom. The lowest BCUT2D eigenvalue weighted by Crippen LogP contribution is -2.70. The van der Waals surface area contributed by atoms with E-state index in [-0.39, 0.29) is 82.0 Å². The largest absolute Gasteiger partial charge is 0.508 e. The van der Waals surface area contributed by atoms with Gasteiger partial charge in [0, 0.05) is 49.8 Å². The fourth-order valence-corrected chi connectivity index (χ4v) is 10.9. The van der Waals surface area contributed by atoms with Crippen molar-refractivity contribution in [2.45, 2.75) is 147 Å². The van der Waals surface area contributed by atoms with Crippen LogP contribution in [0.15, 0.2) is 90.1 Å². The molecule has 6 atom stereocenters. The molecule has 15 nitrogen and oxygen atoms in total. The molecule has 1 saturated carbocycles. The summed E-state index contributed by atoms with van der Waals surface area (Å²) in [6.45, 7) is 6.87. The van der Waals surface area contributed by atoms with Crippen molar-refractivity contribution in [3.8, 4) is 23.0 Å². The van der Waals surface area contributed by atoms with E-state index in [1.807, 2.05) is 18.2 Å². The maximum Gasteiger partial charge on any atom is 0.410 e. The molecule has 2 heterocycles. The van der Waals surface area contributed by atoms with Crippen LogP contribution >= 0.6 is 0 Å². The number of phenolic OH excluding ortho intramolecular Hbond substituents is 1. The Morgan fingerprint density at radius 1 is 0.871 bits per heavy atom. The predicted molar refractivity (Wildman–Crippen MR) is 266 cm³/mol. The molecule has 7 rings (SSSR count). The number of nitro groups is 1. The number of phenols is 1. The standard InChI is InChI=1S/C55H73N3O12/c1-3-5-6-7-8-9-10-11-12-17-31-65-54(62)57(36-40-22-26-49-50(32-40)67-38-66-49)51-35-47(56-69-37-39-20-23-42(24-21-39)58(63)64)45-33-41(18-13-15-28-59)44(19-14-16-29-60)52-46-34-43(61)25-27-48(46)70-55(51,53(45)52)68-30-4-2/h4,20-27,32-34,41,44,51-53,59-61H,2-3,5-19,28-31,35-38H2,1H3/t41-,44+,51-,52+,53+,55+/m0/s1. The molecule has 0 spiro atoms. The third-order valence-corrected chi connectivity index (χ3v) is 14.3. The topological polar surface area (TPSA) is 192 Å². The molecule has 3 aromatic rings. The average molecular weight is 968 g/mol. The third-order valence-electron chi connectivity index (χ3n) is 14.3. The minimum atomic E-state index is -1.55. The van der Waals surface area contributed by atoms with Crippen molar-refractivity contribution in [3.05, 3.63) is 112 Å². The summed E-state index contributed by atoms with van der Waals surface area (Å²) in [4.78, 5) is 34.0. The molecule has 15 heteroatoms. The fraction of sp³-hybridized carbons (Fsp3) is 0.564. The van der Waals surface area contributed by atoms with Crippen LogP contribution in [0.25, 0.3) is 0 Å². The van der Waals surface area contributed by atoms with Gasteiger partial charge in [-0.25, -0.2) is 4.79 Å². The van der Waals surface area contributed by atoms with Gasteiger partial charge in [0.2, 0.25) is 12.6 Å². The minimum Gasteiger partial charge on any atom is -0.508 e. The first-order chi connectivity index (χ1) is 34.2. The molecule has 2 aliphatic carbocycles. The number of aliphatic hydroxyl groups excluding tert-OH is 2. The Labute approximate surface area is 412 Å². The van der Waals surface area contributed by atoms with Gasteiger partial charge < -0.3 is 43.8 Å². The van der Waals surface area contributed by atoms with E-state index in [1.54, 1.807) is 41.3 Å². The number of aromatic hydroxyl groups is 1. The summed E-state index contributed by atoms with van der Waals surface area (Å²) in [7, 11) is 0. The molecule has 0 unspecified atom stereocenters. The van der Waals surface area contributed by atoms with Gasteiger partial charge in [0.25, 0.3) is 5.69 Å². The highest BCUT2D eigenvalue weighted by molar-refractivity contribution is 6.03. The number of unbranched alkanes of at least 4 members (excludes halogenated alkanes) is 11. The maximum absolute atomic E-state index is 15.1. The van der Waals surface area contributed by atoms with E-state index in [9.17, 15) is 25.4 Å². The number of nitro benzene ring substituents is 1. The second-order valence-corrected chi connectivity index (χ2v) is 19.1. The SMILES string of the molecule is C=CCO[C@@]12Oc3ccc(O)cc3[C@H]3[C@H](CCCCO)[C@@H](CCCCO)C=C(C(=NOCc4ccc([N+](=O)[O-])cc4)C[C@@H]1N(Cc1ccc4c(c1)OCO4)C(=O)OCCCCCCCCCCCC)[C@H]32. The fourth-order valence-electron chi connectivity index (χ4n) is 10.9. The summed E-state index contributed by atoms with van der Waals surface area (Å²) in [5.74, 6) is -0.773. The van der Waals surface area contributed by atoms with Crippen LogP contribution in [-0.4, -0.2) is 82.0 Å². The highest BCUT2D eigenvalue weighted by atomic mass is 16.7. The number of ether oxygens (including phenoxy) is 5. The number of amides is 1. The van der Waals surface area contributed by atoms with Crippen molar-refractivity contribution in [1.82, 2.24) is 4.90 Å². The molecule has 0 radical (unpaired) electrons. The average Bonchev–Trinajstić information content (AvgIpc) is 3.84. The van der Waals surface area contributed by atoms with E-state index >= 15 is 4.79 Å². The Bertz CT molecular complexity index is 2250. The zero-order valence-corrected chi connectivity index (χ0v) is 40.9. The van der Waals surface area contributed by atoms with Crippen LogP contribution in [0.1, 0.15) is 139 Å². The number of oxime groups is 1. The number of aliphatic hydroxyl groups is 2. The predicted octanol–water partition coefficient (Wildman–Crippen LogP) is 11.4. The van der Waals surface area contributed by atoms with Gasteiger partial charge >= 0.3 is 6.09 Å². The van der Waals surface area contributed by atoms with Crippen molar-refractivity contribution < 1.29 is 53.6 Å². The van der Waals surface area contributed by atoms with Gasteiger partial charge in [-0.1, -0.05) is 101 Å². The van der Waals surface area contributed by atoms with E-state index in [0.29, 0.717) is 47.8 Å². The maximum atomic E-state index is 15.1. The van der Waals surface area contributed by atoms with Crippen molar-refractivity contribution in [2.75, 3.05) is 33.2 Å². The van der Waals surface area contributed by atoms with Crippen LogP contribution in [-0.2, 0) is 27.5 Å². The molecule has 3 aromatic carbocycles. The third kappa shape index (κ3) is 12.8. The lowest BCUT2D eigenvalue weighted by atomic mass is 9.55. The number of hydrogen-bond donors (Lipinski definition) is 3. The number of carbonyl (C=O) groups excluding carboxylic acids is 1. The zero-order valence-electron chi connectivity index (χ0n) is 40.9. The molecule has 3 N–H and O–H groups in total. The molecule has 1 fully saturated rings. The van der Waals surface area contributed by atoms with Crippen LogP contribution in [0.4, 0.5) is 10.5 Å². The molecule has 380 valence electrons. The molecular weight excluding hydrogens is 895 g/mol. The minimum absolute atomic E-state index is 0.0147. The highest BCUT2D eigenvalue weighted by Gasteiger charge is 2.65. The molecule has 0 aromatic heterocycles. The first kappa shape index (κ1) is 52.2. The van der Waals surface area contributed by atoms with Crippen LogP contribution < -0.4 is 14.2 Å². The number of non-ortho nitro benzene ring substituents is 1. The number of benzene rings is 3. The first-order valence-corrected chi connectivity index (χ1v) is 25.7. The smallest absolute Gasteiger partial charge is 0.410 e. The van der Waals surface area contributed by atoms with Gasteiger partial charge in [-0.15, -0.1) is 6.58 Å². The number of fused-ring (bicyclic) bond motifs is 3. The van der Waals surface area contributed by atoms with Crippen LogP contribution in [0.2, 0.25) is 0 Å². The van der Waals surface area contributed by atoms with Crippen molar-refractivity contribution in [2.24, 2.45) is 22.9 Å². The van der Waals surface area contributed by atoms with Crippen molar-refractivity contribution in [1.29, 1.82) is 0 Å².